The van der Waals surface area contributed by atoms with Gasteiger partial charge in [-0.1, -0.05) is 12.1 Å². The minimum atomic E-state index is -4.50. The summed E-state index contributed by atoms with van der Waals surface area (Å²) in [7, 11) is 0. The summed E-state index contributed by atoms with van der Waals surface area (Å²) >= 11 is 0. The number of hydrogen-bond donors (Lipinski definition) is 1. The molecule has 1 aromatic heterocycles. The van der Waals surface area contributed by atoms with Crippen LogP contribution in [-0.4, -0.2) is 18.4 Å². The van der Waals surface area contributed by atoms with Gasteiger partial charge in [-0.3, -0.25) is 9.59 Å². The number of benzene rings is 2. The van der Waals surface area contributed by atoms with Gasteiger partial charge in [0, 0.05) is 22.6 Å². The van der Waals surface area contributed by atoms with E-state index in [9.17, 15) is 27.6 Å². The molecule has 9 heteroatoms. The van der Waals surface area contributed by atoms with Gasteiger partial charge >= 0.3 is 17.8 Å². The molecule has 0 atom stereocenters. The SMILES string of the molecule is Cc1ccc2c(COC(=O)CNC(=O)c3ccc(C(F)(F)F)cc3)cc(=O)oc2c1. The predicted molar refractivity (Wildman–Crippen MR) is 101 cm³/mol. The minimum Gasteiger partial charge on any atom is -0.459 e. The Morgan fingerprint density at radius 1 is 1.07 bits per heavy atom. The second kappa shape index (κ2) is 8.40. The summed E-state index contributed by atoms with van der Waals surface area (Å²) in [6, 6.07) is 10.0. The molecule has 1 N–H and O–H groups in total. The third-order valence-corrected chi connectivity index (χ3v) is 4.24. The van der Waals surface area contributed by atoms with Crippen molar-refractivity contribution in [1.82, 2.24) is 5.32 Å². The summed E-state index contributed by atoms with van der Waals surface area (Å²) in [6.45, 7) is 1.14. The van der Waals surface area contributed by atoms with E-state index < -0.39 is 35.8 Å². The topological polar surface area (TPSA) is 85.6 Å². The average molecular weight is 419 g/mol. The first-order valence-corrected chi connectivity index (χ1v) is 8.78. The van der Waals surface area contributed by atoms with Crippen LogP contribution < -0.4 is 10.9 Å². The molecule has 0 bridgehead atoms. The molecule has 1 amide bonds. The Balaban J connectivity index is 1.58. The number of rotatable bonds is 5. The first-order chi connectivity index (χ1) is 14.1. The van der Waals surface area contributed by atoms with Crippen LogP contribution in [0.5, 0.6) is 0 Å². The molecule has 0 fully saturated rings. The lowest BCUT2D eigenvalue weighted by Crippen LogP contribution is -2.30. The molecule has 1 heterocycles. The van der Waals surface area contributed by atoms with E-state index >= 15 is 0 Å². The molecular formula is C21H16F3NO5. The lowest BCUT2D eigenvalue weighted by atomic mass is 10.1. The van der Waals surface area contributed by atoms with Gasteiger partial charge in [0.1, 0.15) is 18.7 Å². The molecule has 0 aliphatic carbocycles. The second-order valence-electron chi connectivity index (χ2n) is 6.51. The number of carbonyl (C=O) groups is 2. The second-order valence-corrected chi connectivity index (χ2v) is 6.51. The molecule has 2 aromatic carbocycles. The molecule has 0 spiro atoms. The molecule has 156 valence electrons. The Hall–Kier alpha value is -3.62. The Morgan fingerprint density at radius 2 is 1.77 bits per heavy atom. The summed E-state index contributed by atoms with van der Waals surface area (Å²) < 4.78 is 47.9. The van der Waals surface area contributed by atoms with Gasteiger partial charge in [0.15, 0.2) is 0 Å². The fourth-order valence-corrected chi connectivity index (χ4v) is 2.73. The minimum absolute atomic E-state index is 0.0298. The summed E-state index contributed by atoms with van der Waals surface area (Å²) in [4.78, 5) is 35.6. The van der Waals surface area contributed by atoms with Crippen molar-refractivity contribution in [3.8, 4) is 0 Å². The van der Waals surface area contributed by atoms with E-state index in [1.165, 1.54) is 6.07 Å². The van der Waals surface area contributed by atoms with Crippen LogP contribution >= 0.6 is 0 Å². The number of nitrogens with one attached hydrogen (secondary N) is 1. The van der Waals surface area contributed by atoms with Crippen LogP contribution in [0, 0.1) is 6.92 Å². The van der Waals surface area contributed by atoms with Crippen LogP contribution in [-0.2, 0) is 22.3 Å². The standard InChI is InChI=1S/C21H16F3NO5/c1-12-2-7-16-14(9-18(26)30-17(16)8-12)11-29-19(27)10-25-20(28)13-3-5-15(6-4-13)21(22,23)24/h2-9H,10-11H2,1H3,(H,25,28). The van der Waals surface area contributed by atoms with Crippen molar-refractivity contribution >= 4 is 22.8 Å². The zero-order valence-electron chi connectivity index (χ0n) is 15.7. The Labute approximate surface area is 168 Å². The number of ether oxygens (including phenoxy) is 1. The van der Waals surface area contributed by atoms with Crippen LogP contribution in [0.25, 0.3) is 11.0 Å². The molecule has 6 nitrogen and oxygen atoms in total. The Morgan fingerprint density at radius 3 is 2.43 bits per heavy atom. The zero-order chi connectivity index (χ0) is 21.9. The molecule has 3 rings (SSSR count). The third-order valence-electron chi connectivity index (χ3n) is 4.24. The molecule has 0 radical (unpaired) electrons. The fourth-order valence-electron chi connectivity index (χ4n) is 2.73. The number of hydrogen-bond acceptors (Lipinski definition) is 5. The lowest BCUT2D eigenvalue weighted by Gasteiger charge is -2.09. The van der Waals surface area contributed by atoms with Gasteiger partial charge in [-0.25, -0.2) is 4.79 Å². The summed E-state index contributed by atoms with van der Waals surface area (Å²) in [5.41, 5.74) is 0.208. The van der Waals surface area contributed by atoms with Gasteiger partial charge in [0.2, 0.25) is 0 Å². The largest absolute Gasteiger partial charge is 0.459 e. The van der Waals surface area contributed by atoms with Crippen LogP contribution in [0.3, 0.4) is 0 Å². The highest BCUT2D eigenvalue weighted by Crippen LogP contribution is 2.29. The third kappa shape index (κ3) is 5.05. The smallest absolute Gasteiger partial charge is 0.416 e. The molecule has 0 aliphatic rings. The first kappa shape index (κ1) is 21.1. The average Bonchev–Trinajstić information content (AvgIpc) is 2.69. The molecular weight excluding hydrogens is 403 g/mol. The van der Waals surface area contributed by atoms with Crippen molar-refractivity contribution in [3.63, 3.8) is 0 Å². The fraction of sp³-hybridized carbons (Fsp3) is 0.190. The number of halogens is 3. The van der Waals surface area contributed by atoms with Crippen molar-refractivity contribution in [2.75, 3.05) is 6.54 Å². The van der Waals surface area contributed by atoms with Crippen molar-refractivity contribution in [1.29, 1.82) is 0 Å². The number of carbonyl (C=O) groups excluding carboxylic acids is 2. The van der Waals surface area contributed by atoms with Crippen molar-refractivity contribution in [3.05, 3.63) is 81.2 Å². The predicted octanol–water partition coefficient (Wildman–Crippen LogP) is 3.59. The molecule has 3 aromatic rings. The van der Waals surface area contributed by atoms with E-state index in [4.69, 9.17) is 9.15 Å². The van der Waals surface area contributed by atoms with Crippen LogP contribution in [0.1, 0.15) is 27.0 Å². The molecule has 0 aliphatic heterocycles. The molecule has 0 saturated heterocycles. The van der Waals surface area contributed by atoms with E-state index in [2.05, 4.69) is 5.32 Å². The quantitative estimate of drug-likeness (QED) is 0.505. The van der Waals surface area contributed by atoms with E-state index in [0.29, 0.717) is 16.5 Å². The number of alkyl halides is 3. The highest BCUT2D eigenvalue weighted by Gasteiger charge is 2.30. The normalized spacial score (nSPS) is 11.3. The van der Waals surface area contributed by atoms with E-state index in [1.807, 2.05) is 13.0 Å². The summed E-state index contributed by atoms with van der Waals surface area (Å²) in [5, 5.41) is 2.89. The van der Waals surface area contributed by atoms with Gasteiger partial charge in [0.25, 0.3) is 5.91 Å². The van der Waals surface area contributed by atoms with E-state index in [1.54, 1.807) is 12.1 Å². The van der Waals surface area contributed by atoms with Crippen molar-refractivity contribution < 1.29 is 31.9 Å². The van der Waals surface area contributed by atoms with Gasteiger partial charge < -0.3 is 14.5 Å². The molecule has 30 heavy (non-hydrogen) atoms. The van der Waals surface area contributed by atoms with E-state index in [0.717, 1.165) is 29.8 Å². The first-order valence-electron chi connectivity index (χ1n) is 8.78. The van der Waals surface area contributed by atoms with Gasteiger partial charge in [-0.2, -0.15) is 13.2 Å². The maximum absolute atomic E-state index is 12.6. The Kier molecular flexibility index (Phi) is 5.91. The maximum atomic E-state index is 12.6. The molecule has 0 unspecified atom stereocenters. The number of amides is 1. The van der Waals surface area contributed by atoms with Crippen LogP contribution in [0.4, 0.5) is 13.2 Å². The van der Waals surface area contributed by atoms with Gasteiger partial charge in [0.05, 0.1) is 5.56 Å². The van der Waals surface area contributed by atoms with Crippen LogP contribution in [0.15, 0.2) is 57.7 Å². The van der Waals surface area contributed by atoms with Gasteiger partial charge in [-0.15, -0.1) is 0 Å². The molecule has 0 saturated carbocycles. The lowest BCUT2D eigenvalue weighted by molar-refractivity contribution is -0.143. The highest BCUT2D eigenvalue weighted by molar-refractivity contribution is 5.96. The summed E-state index contributed by atoms with van der Waals surface area (Å²) in [6.07, 6.45) is -4.50. The van der Waals surface area contributed by atoms with Crippen LogP contribution in [0.2, 0.25) is 0 Å². The number of esters is 1. The van der Waals surface area contributed by atoms with Crippen molar-refractivity contribution in [2.45, 2.75) is 19.7 Å². The van der Waals surface area contributed by atoms with Gasteiger partial charge in [-0.05, 0) is 42.8 Å². The zero-order valence-corrected chi connectivity index (χ0v) is 15.7. The maximum Gasteiger partial charge on any atom is 0.416 e. The number of aryl methyl sites for hydroxylation is 1. The summed E-state index contributed by atoms with van der Waals surface area (Å²) in [5.74, 6) is -1.49. The van der Waals surface area contributed by atoms with Crippen molar-refractivity contribution in [2.24, 2.45) is 0 Å². The highest BCUT2D eigenvalue weighted by atomic mass is 19.4. The Bertz CT molecular complexity index is 1150. The monoisotopic (exact) mass is 419 g/mol. The number of fused-ring (bicyclic) bond motifs is 1. The van der Waals surface area contributed by atoms with E-state index in [-0.39, 0.29) is 12.2 Å².